The van der Waals surface area contributed by atoms with Crippen molar-refractivity contribution < 1.29 is 26.4 Å². The van der Waals surface area contributed by atoms with Gasteiger partial charge >= 0.3 is 12.1 Å². The average Bonchev–Trinajstić information content (AvgIpc) is 2.35. The number of rotatable bonds is 2. The third-order valence-corrected chi connectivity index (χ3v) is 4.65. The second-order valence-electron chi connectivity index (χ2n) is 4.68. The van der Waals surface area contributed by atoms with Crippen molar-refractivity contribution in [3.05, 3.63) is 23.3 Å². The molecule has 1 aromatic rings. The summed E-state index contributed by atoms with van der Waals surface area (Å²) in [5.41, 5.74) is 0.676. The fraction of sp³-hybridized carbons (Fsp3) is 0.417. The zero-order valence-electron chi connectivity index (χ0n) is 10.6. The van der Waals surface area contributed by atoms with Crippen molar-refractivity contribution in [3.63, 3.8) is 0 Å². The molecule has 2 rings (SSSR count). The number of nitrogens with one attached hydrogen (secondary N) is 1. The highest BCUT2D eigenvalue weighted by Gasteiger charge is 2.39. The number of hydrogen-bond donors (Lipinski definition) is 1. The zero-order valence-corrected chi connectivity index (χ0v) is 12.2. The first-order chi connectivity index (χ1) is 9.60. The molecule has 0 fully saturated rings. The molecule has 1 aromatic carbocycles. The minimum Gasteiger partial charge on any atom is -0.317 e. The SMILES string of the molecule is O=C(Nc1ccc2c(c1S(=O)(=O)Cl)CCCC2)C(F)(F)F. The fourth-order valence-electron chi connectivity index (χ4n) is 2.36. The summed E-state index contributed by atoms with van der Waals surface area (Å²) in [6.45, 7) is 0. The quantitative estimate of drug-likeness (QED) is 0.841. The van der Waals surface area contributed by atoms with Crippen LogP contribution in [0, 0.1) is 0 Å². The summed E-state index contributed by atoms with van der Waals surface area (Å²) in [6.07, 6.45) is -2.51. The molecule has 0 heterocycles. The third kappa shape index (κ3) is 3.49. The Balaban J connectivity index is 2.54. The molecule has 0 aromatic heterocycles. The molecule has 0 saturated carbocycles. The van der Waals surface area contributed by atoms with Gasteiger partial charge in [0.05, 0.1) is 5.69 Å². The minimum atomic E-state index is -5.11. The molecule has 0 saturated heterocycles. The minimum absolute atomic E-state index is 0.385. The maximum atomic E-state index is 12.3. The number of fused-ring (bicyclic) bond motifs is 1. The first kappa shape index (κ1) is 16.1. The van der Waals surface area contributed by atoms with Gasteiger partial charge in [-0.3, -0.25) is 4.79 Å². The van der Waals surface area contributed by atoms with E-state index in [1.54, 1.807) is 5.32 Å². The predicted octanol–water partition coefficient (Wildman–Crippen LogP) is 2.99. The lowest BCUT2D eigenvalue weighted by Crippen LogP contribution is -2.30. The largest absolute Gasteiger partial charge is 0.471 e. The summed E-state index contributed by atoms with van der Waals surface area (Å²) in [7, 11) is 1.06. The second-order valence-corrected chi connectivity index (χ2v) is 7.18. The lowest BCUT2D eigenvalue weighted by molar-refractivity contribution is -0.167. The number of halogens is 4. The molecule has 0 unspecified atom stereocenters. The standard InChI is InChI=1S/C12H11ClF3NO3S/c13-21(19,20)10-8-4-2-1-3-7(8)5-6-9(10)17-11(18)12(14,15)16/h5-6H,1-4H2,(H,17,18). The molecule has 4 nitrogen and oxygen atoms in total. The molecule has 1 aliphatic rings. The van der Waals surface area contributed by atoms with E-state index in [1.807, 2.05) is 0 Å². The number of carbonyl (C=O) groups excluding carboxylic acids is 1. The van der Waals surface area contributed by atoms with Gasteiger partial charge in [-0.25, -0.2) is 8.42 Å². The highest BCUT2D eigenvalue weighted by atomic mass is 35.7. The van der Waals surface area contributed by atoms with E-state index < -0.39 is 31.7 Å². The Kier molecular flexibility index (Phi) is 4.21. The summed E-state index contributed by atoms with van der Waals surface area (Å²) >= 11 is 0. The highest BCUT2D eigenvalue weighted by molar-refractivity contribution is 8.14. The lowest BCUT2D eigenvalue weighted by Gasteiger charge is -2.21. The smallest absolute Gasteiger partial charge is 0.317 e. The third-order valence-electron chi connectivity index (χ3n) is 3.23. The van der Waals surface area contributed by atoms with E-state index in [0.717, 1.165) is 18.1 Å². The molecule has 1 aliphatic carbocycles. The Hall–Kier alpha value is -1.28. The number of hydrogen-bond acceptors (Lipinski definition) is 3. The van der Waals surface area contributed by atoms with Crippen LogP contribution < -0.4 is 5.32 Å². The number of amides is 1. The van der Waals surface area contributed by atoms with Gasteiger partial charge < -0.3 is 5.32 Å². The van der Waals surface area contributed by atoms with Gasteiger partial charge in [0.2, 0.25) is 0 Å². The van der Waals surface area contributed by atoms with Crippen molar-refractivity contribution in [2.24, 2.45) is 0 Å². The molecule has 0 aliphatic heterocycles. The van der Waals surface area contributed by atoms with Crippen LogP contribution in [-0.2, 0) is 26.7 Å². The van der Waals surface area contributed by atoms with Gasteiger partial charge in [-0.15, -0.1) is 0 Å². The van der Waals surface area contributed by atoms with Gasteiger partial charge in [0.25, 0.3) is 9.05 Å². The van der Waals surface area contributed by atoms with Gasteiger partial charge in [-0.05, 0) is 42.9 Å². The van der Waals surface area contributed by atoms with Crippen molar-refractivity contribution in [1.29, 1.82) is 0 Å². The van der Waals surface area contributed by atoms with Crippen LogP contribution in [0.2, 0.25) is 0 Å². The Bertz CT molecular complexity index is 686. The van der Waals surface area contributed by atoms with Crippen molar-refractivity contribution in [1.82, 2.24) is 0 Å². The van der Waals surface area contributed by atoms with Gasteiger partial charge in [0, 0.05) is 10.7 Å². The first-order valence-electron chi connectivity index (χ1n) is 6.08. The molecular formula is C12H11ClF3NO3S. The molecule has 0 spiro atoms. The summed E-state index contributed by atoms with van der Waals surface area (Å²) in [4.78, 5) is 10.6. The monoisotopic (exact) mass is 341 g/mol. The van der Waals surface area contributed by atoms with Crippen LogP contribution in [0.4, 0.5) is 18.9 Å². The normalized spacial score (nSPS) is 15.4. The fourth-order valence-corrected chi connectivity index (χ4v) is 3.80. The summed E-state index contributed by atoms with van der Waals surface area (Å²) in [5.74, 6) is -2.24. The summed E-state index contributed by atoms with van der Waals surface area (Å²) < 4.78 is 60.3. The van der Waals surface area contributed by atoms with Gasteiger partial charge in [0.1, 0.15) is 4.90 Å². The highest BCUT2D eigenvalue weighted by Crippen LogP contribution is 2.35. The van der Waals surface area contributed by atoms with Crippen LogP contribution in [0.25, 0.3) is 0 Å². The Morgan fingerprint density at radius 3 is 2.38 bits per heavy atom. The maximum absolute atomic E-state index is 12.3. The molecular weight excluding hydrogens is 331 g/mol. The number of aryl methyl sites for hydroxylation is 1. The van der Waals surface area contributed by atoms with Crippen LogP contribution in [0.3, 0.4) is 0 Å². The van der Waals surface area contributed by atoms with E-state index in [4.69, 9.17) is 10.7 Å². The lowest BCUT2D eigenvalue weighted by atomic mass is 9.91. The number of carbonyl (C=O) groups is 1. The summed E-state index contributed by atoms with van der Waals surface area (Å²) in [5, 5.41) is 1.58. The van der Waals surface area contributed by atoms with Crippen molar-refractivity contribution >= 4 is 31.3 Å². The van der Waals surface area contributed by atoms with E-state index in [9.17, 15) is 26.4 Å². The molecule has 0 bridgehead atoms. The predicted molar refractivity (Wildman–Crippen MR) is 70.8 cm³/mol. The van der Waals surface area contributed by atoms with Crippen molar-refractivity contribution in [2.45, 2.75) is 36.8 Å². The van der Waals surface area contributed by atoms with Crippen LogP contribution in [-0.4, -0.2) is 20.5 Å². The summed E-state index contributed by atoms with van der Waals surface area (Å²) in [6, 6.07) is 2.66. The van der Waals surface area contributed by atoms with Crippen molar-refractivity contribution in [2.75, 3.05) is 5.32 Å². The molecule has 1 N–H and O–H groups in total. The van der Waals surface area contributed by atoms with Gasteiger partial charge in [0.15, 0.2) is 0 Å². The number of anilines is 1. The first-order valence-corrected chi connectivity index (χ1v) is 8.39. The molecule has 1 amide bonds. The molecule has 116 valence electrons. The zero-order chi connectivity index (χ0) is 15.8. The van der Waals surface area contributed by atoms with Gasteiger partial charge in [-0.2, -0.15) is 13.2 Å². The van der Waals surface area contributed by atoms with Crippen LogP contribution in [0.1, 0.15) is 24.0 Å². The van der Waals surface area contributed by atoms with Gasteiger partial charge in [-0.1, -0.05) is 6.07 Å². The number of benzene rings is 1. The van der Waals surface area contributed by atoms with E-state index >= 15 is 0 Å². The van der Waals surface area contributed by atoms with Crippen LogP contribution >= 0.6 is 10.7 Å². The number of alkyl halides is 3. The van der Waals surface area contributed by atoms with Crippen LogP contribution in [0.5, 0.6) is 0 Å². The van der Waals surface area contributed by atoms with E-state index in [1.165, 1.54) is 6.07 Å². The Morgan fingerprint density at radius 1 is 1.19 bits per heavy atom. The topological polar surface area (TPSA) is 63.2 Å². The van der Waals surface area contributed by atoms with Crippen LogP contribution in [0.15, 0.2) is 17.0 Å². The Morgan fingerprint density at radius 2 is 1.81 bits per heavy atom. The van der Waals surface area contributed by atoms with E-state index in [2.05, 4.69) is 0 Å². The van der Waals surface area contributed by atoms with Crippen molar-refractivity contribution in [3.8, 4) is 0 Å². The average molecular weight is 342 g/mol. The van der Waals surface area contributed by atoms with E-state index in [0.29, 0.717) is 24.8 Å². The second kappa shape index (κ2) is 5.49. The maximum Gasteiger partial charge on any atom is 0.471 e. The molecule has 21 heavy (non-hydrogen) atoms. The molecule has 0 radical (unpaired) electrons. The van der Waals surface area contributed by atoms with E-state index in [-0.39, 0.29) is 0 Å². The molecule has 0 atom stereocenters. The Labute approximate surface area is 123 Å². The molecule has 9 heteroatoms.